The van der Waals surface area contributed by atoms with Crippen LogP contribution in [0.4, 0.5) is 4.39 Å². The molecule has 0 aliphatic heterocycles. The first-order valence-corrected chi connectivity index (χ1v) is 4.48. The molecule has 1 aromatic carbocycles. The van der Waals surface area contributed by atoms with Crippen molar-refractivity contribution in [2.75, 3.05) is 0 Å². The van der Waals surface area contributed by atoms with E-state index in [1.54, 1.807) is 6.07 Å². The Hall–Kier alpha value is -2.03. The molecule has 74 valence electrons. The van der Waals surface area contributed by atoms with Crippen LogP contribution in [0.25, 0.3) is 11.3 Å². The predicted molar refractivity (Wildman–Crippen MR) is 55.0 cm³/mol. The molecule has 0 bridgehead atoms. The summed E-state index contributed by atoms with van der Waals surface area (Å²) in [5.74, 6) is -0.730. The molecule has 0 N–H and O–H groups in total. The summed E-state index contributed by atoms with van der Waals surface area (Å²) in [6, 6.07) is 12.3. The van der Waals surface area contributed by atoms with Crippen molar-refractivity contribution < 1.29 is 9.18 Å². The molecule has 0 aliphatic carbocycles. The van der Waals surface area contributed by atoms with Crippen molar-refractivity contribution in [3.63, 3.8) is 0 Å². The van der Waals surface area contributed by atoms with Gasteiger partial charge in [-0.2, -0.15) is 4.39 Å². The van der Waals surface area contributed by atoms with Gasteiger partial charge in [0.15, 0.2) is 6.29 Å². The van der Waals surface area contributed by atoms with E-state index in [4.69, 9.17) is 0 Å². The molecule has 0 atom stereocenters. The van der Waals surface area contributed by atoms with Crippen molar-refractivity contribution >= 4 is 6.29 Å². The second-order valence-electron chi connectivity index (χ2n) is 3.06. The summed E-state index contributed by atoms with van der Waals surface area (Å²) in [7, 11) is 0. The first-order chi connectivity index (χ1) is 7.31. The molecule has 0 saturated carbocycles. The van der Waals surface area contributed by atoms with Crippen LogP contribution in [0.2, 0.25) is 0 Å². The van der Waals surface area contributed by atoms with E-state index >= 15 is 0 Å². The quantitative estimate of drug-likeness (QED) is 0.552. The van der Waals surface area contributed by atoms with Crippen molar-refractivity contribution in [1.29, 1.82) is 0 Å². The summed E-state index contributed by atoms with van der Waals surface area (Å²) in [6.07, 6.45) is 0.455. The molecule has 2 rings (SSSR count). The number of nitrogens with zero attached hydrogens (tertiary/aromatic N) is 1. The molecule has 0 aliphatic rings. The standard InChI is InChI=1S/C12H8FNO/c13-12-10(8-15)6-7-11(14-12)9-4-2-1-3-5-9/h1-8H. The fourth-order valence-electron chi connectivity index (χ4n) is 1.30. The third kappa shape index (κ3) is 1.91. The van der Waals surface area contributed by atoms with Gasteiger partial charge in [0.1, 0.15) is 0 Å². The second-order valence-corrected chi connectivity index (χ2v) is 3.06. The lowest BCUT2D eigenvalue weighted by atomic mass is 10.1. The Kier molecular flexibility index (Phi) is 2.54. The molecule has 0 saturated heterocycles. The number of pyridine rings is 1. The second kappa shape index (κ2) is 4.00. The Bertz CT molecular complexity index is 482. The lowest BCUT2D eigenvalue weighted by molar-refractivity contribution is 0.111. The van der Waals surface area contributed by atoms with E-state index in [0.29, 0.717) is 12.0 Å². The van der Waals surface area contributed by atoms with Crippen LogP contribution < -0.4 is 0 Å². The Morgan fingerprint density at radius 3 is 2.40 bits per heavy atom. The minimum atomic E-state index is -0.730. The van der Waals surface area contributed by atoms with Crippen LogP contribution in [0, 0.1) is 5.95 Å². The van der Waals surface area contributed by atoms with Gasteiger partial charge >= 0.3 is 0 Å². The van der Waals surface area contributed by atoms with Gasteiger partial charge in [0.25, 0.3) is 0 Å². The van der Waals surface area contributed by atoms with Crippen LogP contribution in [0.3, 0.4) is 0 Å². The highest BCUT2D eigenvalue weighted by Gasteiger charge is 2.05. The molecule has 0 spiro atoms. The first-order valence-electron chi connectivity index (χ1n) is 4.48. The van der Waals surface area contributed by atoms with Crippen LogP contribution in [0.1, 0.15) is 10.4 Å². The Balaban J connectivity index is 2.47. The maximum absolute atomic E-state index is 13.2. The van der Waals surface area contributed by atoms with E-state index in [1.807, 2.05) is 30.3 Å². The molecule has 1 aromatic heterocycles. The Morgan fingerprint density at radius 2 is 1.80 bits per heavy atom. The minimum absolute atomic E-state index is 0.0188. The number of aldehydes is 1. The Labute approximate surface area is 86.4 Å². The fraction of sp³-hybridized carbons (Fsp3) is 0. The molecule has 0 unspecified atom stereocenters. The zero-order valence-corrected chi connectivity index (χ0v) is 7.85. The molecular weight excluding hydrogens is 193 g/mol. The molecular formula is C12H8FNO. The Morgan fingerprint density at radius 1 is 1.07 bits per heavy atom. The third-order valence-corrected chi connectivity index (χ3v) is 2.07. The van der Waals surface area contributed by atoms with Crippen molar-refractivity contribution in [2.45, 2.75) is 0 Å². The lowest BCUT2D eigenvalue weighted by Gasteiger charge is -2.01. The summed E-state index contributed by atoms with van der Waals surface area (Å²) < 4.78 is 13.2. The summed E-state index contributed by atoms with van der Waals surface area (Å²) in [4.78, 5) is 14.1. The van der Waals surface area contributed by atoms with E-state index in [9.17, 15) is 9.18 Å². The van der Waals surface area contributed by atoms with Gasteiger partial charge in [-0.15, -0.1) is 0 Å². The number of carbonyl (C=O) groups is 1. The molecule has 3 heteroatoms. The van der Waals surface area contributed by atoms with Crippen molar-refractivity contribution in [3.05, 3.63) is 54.0 Å². The highest BCUT2D eigenvalue weighted by atomic mass is 19.1. The van der Waals surface area contributed by atoms with Crippen molar-refractivity contribution in [3.8, 4) is 11.3 Å². The fourth-order valence-corrected chi connectivity index (χ4v) is 1.30. The van der Waals surface area contributed by atoms with Crippen LogP contribution in [-0.4, -0.2) is 11.3 Å². The molecule has 0 radical (unpaired) electrons. The lowest BCUT2D eigenvalue weighted by Crippen LogP contribution is -1.93. The van der Waals surface area contributed by atoms with Crippen LogP contribution >= 0.6 is 0 Å². The van der Waals surface area contributed by atoms with Crippen molar-refractivity contribution in [2.24, 2.45) is 0 Å². The zero-order valence-electron chi connectivity index (χ0n) is 7.85. The van der Waals surface area contributed by atoms with Gasteiger partial charge in [-0.25, -0.2) is 4.98 Å². The zero-order chi connectivity index (χ0) is 10.7. The van der Waals surface area contributed by atoms with Gasteiger partial charge < -0.3 is 0 Å². The molecule has 2 nitrogen and oxygen atoms in total. The van der Waals surface area contributed by atoms with E-state index in [2.05, 4.69) is 4.98 Å². The molecule has 0 fully saturated rings. The van der Waals surface area contributed by atoms with Gasteiger partial charge in [-0.3, -0.25) is 4.79 Å². The number of rotatable bonds is 2. The van der Waals surface area contributed by atoms with Crippen LogP contribution in [-0.2, 0) is 0 Å². The maximum Gasteiger partial charge on any atom is 0.224 e. The smallest absolute Gasteiger partial charge is 0.224 e. The maximum atomic E-state index is 13.2. The first kappa shape index (κ1) is 9.52. The largest absolute Gasteiger partial charge is 0.298 e. The SMILES string of the molecule is O=Cc1ccc(-c2ccccc2)nc1F. The number of benzene rings is 1. The van der Waals surface area contributed by atoms with Crippen LogP contribution in [0.5, 0.6) is 0 Å². The van der Waals surface area contributed by atoms with E-state index in [-0.39, 0.29) is 5.56 Å². The minimum Gasteiger partial charge on any atom is -0.298 e. The van der Waals surface area contributed by atoms with Gasteiger partial charge in [0.05, 0.1) is 11.3 Å². The number of carbonyl (C=O) groups excluding carboxylic acids is 1. The third-order valence-electron chi connectivity index (χ3n) is 2.07. The van der Waals surface area contributed by atoms with E-state index in [0.717, 1.165) is 5.56 Å². The number of hydrogen-bond acceptors (Lipinski definition) is 2. The van der Waals surface area contributed by atoms with E-state index < -0.39 is 5.95 Å². The normalized spacial score (nSPS) is 9.93. The summed E-state index contributed by atoms with van der Waals surface area (Å²) in [5.41, 5.74) is 1.34. The summed E-state index contributed by atoms with van der Waals surface area (Å²) >= 11 is 0. The van der Waals surface area contributed by atoms with Gasteiger partial charge in [-0.05, 0) is 12.1 Å². The molecule has 0 amide bonds. The monoisotopic (exact) mass is 201 g/mol. The highest BCUT2D eigenvalue weighted by molar-refractivity contribution is 5.75. The van der Waals surface area contributed by atoms with Gasteiger partial charge in [0.2, 0.25) is 5.95 Å². The molecule has 1 heterocycles. The number of halogens is 1. The summed E-state index contributed by atoms with van der Waals surface area (Å²) in [5, 5.41) is 0. The van der Waals surface area contributed by atoms with Gasteiger partial charge in [0, 0.05) is 5.56 Å². The average molecular weight is 201 g/mol. The van der Waals surface area contributed by atoms with Crippen LogP contribution in [0.15, 0.2) is 42.5 Å². The summed E-state index contributed by atoms with van der Waals surface area (Å²) in [6.45, 7) is 0. The topological polar surface area (TPSA) is 30.0 Å². The van der Waals surface area contributed by atoms with E-state index in [1.165, 1.54) is 6.07 Å². The molecule has 2 aromatic rings. The van der Waals surface area contributed by atoms with Gasteiger partial charge in [-0.1, -0.05) is 30.3 Å². The average Bonchev–Trinajstić information content (AvgIpc) is 2.30. The highest BCUT2D eigenvalue weighted by Crippen LogP contribution is 2.17. The predicted octanol–water partition coefficient (Wildman–Crippen LogP) is 2.70. The number of hydrogen-bond donors (Lipinski definition) is 0. The number of aromatic nitrogens is 1. The molecule has 15 heavy (non-hydrogen) atoms. The van der Waals surface area contributed by atoms with Crippen molar-refractivity contribution in [1.82, 2.24) is 4.98 Å².